The van der Waals surface area contributed by atoms with Crippen molar-refractivity contribution in [2.75, 3.05) is 13.2 Å². The van der Waals surface area contributed by atoms with Crippen LogP contribution in [-0.2, 0) is 22.4 Å². The van der Waals surface area contributed by atoms with Gasteiger partial charge in [-0.15, -0.1) is 0 Å². The molecule has 6 atom stereocenters. The van der Waals surface area contributed by atoms with E-state index < -0.39 is 23.3 Å². The second kappa shape index (κ2) is 16.0. The van der Waals surface area contributed by atoms with Crippen LogP contribution in [-0.4, -0.2) is 57.0 Å². The number of carbonyl (C=O) groups excluding carboxylic acids is 2. The van der Waals surface area contributed by atoms with Crippen LogP contribution in [0.2, 0.25) is 0 Å². The molecule has 1 heterocycles. The number of nitrogens with one attached hydrogen (secondary N) is 1. The van der Waals surface area contributed by atoms with Gasteiger partial charge in [-0.2, -0.15) is 0 Å². The number of ketones is 1. The number of rotatable bonds is 13. The third kappa shape index (κ3) is 7.84. The Kier molecular flexibility index (Phi) is 12.6. The fourth-order valence-electron chi connectivity index (χ4n) is 8.57. The minimum atomic E-state index is -1.23. The first-order chi connectivity index (χ1) is 22.8. The summed E-state index contributed by atoms with van der Waals surface area (Å²) >= 11 is 0. The van der Waals surface area contributed by atoms with Crippen molar-refractivity contribution in [2.24, 2.45) is 23.0 Å². The monoisotopic (exact) mass is 660 g/mol. The molecule has 262 valence electrons. The van der Waals surface area contributed by atoms with Gasteiger partial charge in [-0.3, -0.25) is 9.59 Å². The Bertz CT molecular complexity index is 1500. The van der Waals surface area contributed by atoms with Gasteiger partial charge in [0.05, 0.1) is 24.7 Å². The van der Waals surface area contributed by atoms with E-state index in [1.54, 1.807) is 6.92 Å². The van der Waals surface area contributed by atoms with Gasteiger partial charge in [0.1, 0.15) is 6.17 Å². The molecular formula is C40H56N2O6. The topological polar surface area (TPSA) is 153 Å². The van der Waals surface area contributed by atoms with Crippen LogP contribution in [0.15, 0.2) is 76.9 Å². The lowest BCUT2D eigenvalue weighted by Crippen LogP contribution is -2.59. The molecule has 2 saturated carbocycles. The summed E-state index contributed by atoms with van der Waals surface area (Å²) in [5.41, 5.74) is 10.8. The standard InChI is InChI=1S/C40H56N2O6/c1-25(2)10-6-11-26(3)12-7-14-29(24-44)31-18-20-40(37(31)47)34(16-9-21-43)30(17-19-39(40,5)48)27(4)35(45)22-28-13-8-15-32-33(28)23-36(46)42-38(32)41/h7-8,10,12-15,31,34,37-38,43-44,47-48H,3,6,9,11,16-24,41H2,1-2,4-5H3,(H,42,46). The summed E-state index contributed by atoms with van der Waals surface area (Å²) in [6.07, 6.45) is 11.2. The molecule has 8 heteroatoms. The zero-order valence-electron chi connectivity index (χ0n) is 29.2. The summed E-state index contributed by atoms with van der Waals surface area (Å²) in [4.78, 5) is 26.3. The van der Waals surface area contributed by atoms with Gasteiger partial charge in [-0.1, -0.05) is 65.8 Å². The van der Waals surface area contributed by atoms with Gasteiger partial charge in [-0.05, 0) is 113 Å². The van der Waals surface area contributed by atoms with Gasteiger partial charge in [0.2, 0.25) is 5.91 Å². The molecule has 3 aliphatic rings. The molecule has 1 spiro atoms. The normalized spacial score (nSPS) is 29.9. The highest BCUT2D eigenvalue weighted by molar-refractivity contribution is 5.97. The average molecular weight is 661 g/mol. The third-order valence-corrected chi connectivity index (χ3v) is 11.2. The molecule has 7 N–H and O–H groups in total. The van der Waals surface area contributed by atoms with Crippen LogP contribution in [0.1, 0.15) is 102 Å². The number of allylic oxidation sites excluding steroid dienone is 8. The number of amides is 1. The SMILES string of the molecule is C=C(C=CC=C(CO)C1CCC2(C(CCCO)C(=C(C)C(=O)Cc3cccc4c3CC(=O)NC4N)CCC2(C)O)C1O)CCC=C(C)C. The van der Waals surface area contributed by atoms with E-state index in [-0.39, 0.29) is 49.6 Å². The lowest BCUT2D eigenvalue weighted by molar-refractivity contribution is -0.167. The minimum absolute atomic E-state index is 0.0446. The number of carbonyl (C=O) groups is 2. The molecule has 1 aromatic carbocycles. The quantitative estimate of drug-likeness (QED) is 0.0965. The zero-order valence-corrected chi connectivity index (χ0v) is 29.2. The summed E-state index contributed by atoms with van der Waals surface area (Å²) in [5.74, 6) is -0.958. The summed E-state index contributed by atoms with van der Waals surface area (Å²) < 4.78 is 0. The fraction of sp³-hybridized carbons (Fsp3) is 0.550. The first kappa shape index (κ1) is 37.7. The number of hydrogen-bond donors (Lipinski definition) is 6. The Labute approximate surface area is 286 Å². The number of aliphatic hydroxyl groups is 4. The van der Waals surface area contributed by atoms with Gasteiger partial charge in [0.15, 0.2) is 5.78 Å². The molecule has 1 aromatic rings. The molecule has 1 amide bonds. The minimum Gasteiger partial charge on any atom is -0.396 e. The maximum absolute atomic E-state index is 14.0. The van der Waals surface area contributed by atoms with Crippen molar-refractivity contribution in [2.45, 2.75) is 110 Å². The maximum atomic E-state index is 14.0. The van der Waals surface area contributed by atoms with Crippen molar-refractivity contribution in [1.82, 2.24) is 5.32 Å². The van der Waals surface area contributed by atoms with Crippen LogP contribution in [0.3, 0.4) is 0 Å². The van der Waals surface area contributed by atoms with Gasteiger partial charge in [0.25, 0.3) is 0 Å². The Morgan fingerprint density at radius 3 is 2.62 bits per heavy atom. The molecule has 1 aliphatic heterocycles. The van der Waals surface area contributed by atoms with Crippen LogP contribution in [0.5, 0.6) is 0 Å². The second-order valence-electron chi connectivity index (χ2n) is 14.5. The molecule has 6 unspecified atom stereocenters. The van der Waals surface area contributed by atoms with Crippen LogP contribution in [0, 0.1) is 17.3 Å². The van der Waals surface area contributed by atoms with E-state index in [1.807, 2.05) is 43.4 Å². The van der Waals surface area contributed by atoms with Crippen molar-refractivity contribution in [3.63, 3.8) is 0 Å². The lowest BCUT2D eigenvalue weighted by atomic mass is 9.52. The molecular weight excluding hydrogens is 604 g/mol. The van der Waals surface area contributed by atoms with Gasteiger partial charge < -0.3 is 31.5 Å². The van der Waals surface area contributed by atoms with E-state index in [4.69, 9.17) is 5.73 Å². The van der Waals surface area contributed by atoms with Crippen molar-refractivity contribution in [3.05, 3.63) is 93.6 Å². The fourth-order valence-corrected chi connectivity index (χ4v) is 8.57. The Balaban J connectivity index is 1.65. The van der Waals surface area contributed by atoms with Crippen LogP contribution in [0.4, 0.5) is 0 Å². The van der Waals surface area contributed by atoms with Crippen LogP contribution < -0.4 is 11.1 Å². The third-order valence-electron chi connectivity index (χ3n) is 11.2. The Morgan fingerprint density at radius 1 is 1.19 bits per heavy atom. The lowest BCUT2D eigenvalue weighted by Gasteiger charge is -2.55. The summed E-state index contributed by atoms with van der Waals surface area (Å²) in [5, 5.41) is 47.4. The van der Waals surface area contributed by atoms with Crippen molar-refractivity contribution < 1.29 is 30.0 Å². The highest BCUT2D eigenvalue weighted by Gasteiger charge is 2.64. The van der Waals surface area contributed by atoms with E-state index in [1.165, 1.54) is 5.57 Å². The zero-order chi connectivity index (χ0) is 35.2. The van der Waals surface area contributed by atoms with Crippen LogP contribution in [0.25, 0.3) is 0 Å². The molecule has 0 radical (unpaired) electrons. The number of benzene rings is 1. The van der Waals surface area contributed by atoms with Crippen molar-refractivity contribution >= 4 is 11.7 Å². The van der Waals surface area contributed by atoms with Crippen molar-refractivity contribution in [1.29, 1.82) is 0 Å². The molecule has 48 heavy (non-hydrogen) atoms. The number of Topliss-reactive ketones (excluding diaryl/α,β-unsaturated/α-hetero) is 1. The van der Waals surface area contributed by atoms with Gasteiger partial charge >= 0.3 is 0 Å². The molecule has 2 aliphatic carbocycles. The first-order valence-electron chi connectivity index (χ1n) is 17.5. The van der Waals surface area contributed by atoms with E-state index >= 15 is 0 Å². The average Bonchev–Trinajstić information content (AvgIpc) is 3.37. The van der Waals surface area contributed by atoms with E-state index in [0.29, 0.717) is 49.7 Å². The van der Waals surface area contributed by atoms with Gasteiger partial charge in [-0.25, -0.2) is 0 Å². The highest BCUT2D eigenvalue weighted by atomic mass is 16.3. The first-order valence-corrected chi connectivity index (χ1v) is 17.5. The number of fused-ring (bicyclic) bond motifs is 1. The largest absolute Gasteiger partial charge is 0.396 e. The smallest absolute Gasteiger partial charge is 0.225 e. The molecule has 4 rings (SSSR count). The number of aliphatic hydroxyl groups excluding tert-OH is 3. The second-order valence-corrected chi connectivity index (χ2v) is 14.5. The highest BCUT2D eigenvalue weighted by Crippen LogP contribution is 2.63. The van der Waals surface area contributed by atoms with Gasteiger partial charge in [0, 0.05) is 24.4 Å². The molecule has 0 bridgehead atoms. The Hall–Kier alpha value is -3.14. The molecule has 0 saturated heterocycles. The van der Waals surface area contributed by atoms with E-state index in [2.05, 4.69) is 31.8 Å². The summed E-state index contributed by atoms with van der Waals surface area (Å²) in [7, 11) is 0. The number of hydrogen-bond acceptors (Lipinski definition) is 7. The summed E-state index contributed by atoms with van der Waals surface area (Å²) in [6.45, 7) is 11.6. The van der Waals surface area contributed by atoms with Crippen molar-refractivity contribution in [3.8, 4) is 0 Å². The predicted molar refractivity (Wildman–Crippen MR) is 190 cm³/mol. The van der Waals surface area contributed by atoms with E-state index in [9.17, 15) is 30.0 Å². The predicted octanol–water partition coefficient (Wildman–Crippen LogP) is 5.21. The van der Waals surface area contributed by atoms with Crippen LogP contribution >= 0.6 is 0 Å². The molecule has 0 aromatic heterocycles. The maximum Gasteiger partial charge on any atom is 0.225 e. The molecule has 8 nitrogen and oxygen atoms in total. The van der Waals surface area contributed by atoms with E-state index in [0.717, 1.165) is 40.7 Å². The Morgan fingerprint density at radius 2 is 1.94 bits per heavy atom. The number of nitrogens with two attached hydrogens (primary N) is 1. The summed E-state index contributed by atoms with van der Waals surface area (Å²) in [6, 6.07) is 5.61. The molecule has 2 fully saturated rings.